The van der Waals surface area contributed by atoms with Gasteiger partial charge in [0, 0.05) is 18.3 Å². The highest BCUT2D eigenvalue weighted by Crippen LogP contribution is 2.19. The molecule has 0 saturated carbocycles. The van der Waals surface area contributed by atoms with Crippen LogP contribution in [0.4, 0.5) is 11.7 Å². The molecular weight excluding hydrogens is 244 g/mol. The van der Waals surface area contributed by atoms with Gasteiger partial charge >= 0.3 is 0 Å². The summed E-state index contributed by atoms with van der Waals surface area (Å²) in [4.78, 5) is 16.3. The number of carbonyl (C=O) groups is 1. The molecule has 1 amide bonds. The molecule has 2 aromatic heterocycles. The highest BCUT2D eigenvalue weighted by atomic mass is 16.5. The Labute approximate surface area is 111 Å². The van der Waals surface area contributed by atoms with Gasteiger partial charge in [0.15, 0.2) is 0 Å². The number of anilines is 2. The van der Waals surface area contributed by atoms with E-state index >= 15 is 0 Å². The Bertz CT molecular complexity index is 592. The lowest BCUT2D eigenvalue weighted by Crippen LogP contribution is -2.15. The molecule has 100 valence electrons. The topological polar surface area (TPSA) is 80.0 Å². The molecule has 19 heavy (non-hydrogen) atoms. The minimum atomic E-state index is -0.275. The first-order valence-electron chi connectivity index (χ1n) is 6.06. The maximum Gasteiger partial charge on any atom is 0.261 e. The molecule has 2 N–H and O–H groups in total. The van der Waals surface area contributed by atoms with Crippen LogP contribution in [0.1, 0.15) is 28.5 Å². The molecule has 0 fully saturated rings. The quantitative estimate of drug-likeness (QED) is 0.882. The fourth-order valence-corrected chi connectivity index (χ4v) is 1.60. The predicted octanol–water partition coefficient (Wildman–Crippen LogP) is 2.37. The van der Waals surface area contributed by atoms with Crippen LogP contribution in [0.25, 0.3) is 0 Å². The molecule has 0 aliphatic carbocycles. The number of nitrogens with zero attached hydrogens (tertiary/aromatic N) is 2. The van der Waals surface area contributed by atoms with E-state index in [4.69, 9.17) is 4.52 Å². The first-order valence-corrected chi connectivity index (χ1v) is 6.06. The molecular formula is C13H16N4O2. The molecule has 0 aliphatic heterocycles. The van der Waals surface area contributed by atoms with Crippen molar-refractivity contribution >= 4 is 17.6 Å². The van der Waals surface area contributed by atoms with Crippen LogP contribution in [0.15, 0.2) is 22.9 Å². The summed E-state index contributed by atoms with van der Waals surface area (Å²) in [5, 5.41) is 9.54. The van der Waals surface area contributed by atoms with Crippen molar-refractivity contribution in [3.8, 4) is 0 Å². The van der Waals surface area contributed by atoms with Crippen molar-refractivity contribution in [1.82, 2.24) is 10.1 Å². The van der Waals surface area contributed by atoms with Crippen LogP contribution in [0, 0.1) is 13.8 Å². The Hall–Kier alpha value is -2.37. The van der Waals surface area contributed by atoms with Gasteiger partial charge in [0.05, 0.1) is 11.3 Å². The molecule has 0 aromatic carbocycles. The zero-order valence-electron chi connectivity index (χ0n) is 11.2. The largest absolute Gasteiger partial charge is 0.370 e. The van der Waals surface area contributed by atoms with Crippen LogP contribution in [0.2, 0.25) is 0 Å². The predicted molar refractivity (Wildman–Crippen MR) is 72.3 cm³/mol. The summed E-state index contributed by atoms with van der Waals surface area (Å²) < 4.78 is 5.06. The minimum Gasteiger partial charge on any atom is -0.370 e. The molecule has 0 unspecified atom stereocenters. The van der Waals surface area contributed by atoms with Gasteiger partial charge in [0.1, 0.15) is 5.82 Å². The second-order valence-corrected chi connectivity index (χ2v) is 4.11. The highest BCUT2D eigenvalue weighted by Gasteiger charge is 2.16. The van der Waals surface area contributed by atoms with Crippen LogP contribution in [0.3, 0.4) is 0 Å². The SMILES string of the molecule is CCNc1ncccc1C(=O)Nc1onc(C)c1C. The first kappa shape index (κ1) is 13.1. The number of carbonyl (C=O) groups excluding carboxylic acids is 1. The van der Waals surface area contributed by atoms with Crippen molar-refractivity contribution in [2.45, 2.75) is 20.8 Å². The van der Waals surface area contributed by atoms with Crippen LogP contribution in [0.5, 0.6) is 0 Å². The van der Waals surface area contributed by atoms with Gasteiger partial charge in [-0.25, -0.2) is 4.98 Å². The Morgan fingerprint density at radius 1 is 1.42 bits per heavy atom. The van der Waals surface area contributed by atoms with Crippen LogP contribution in [-0.4, -0.2) is 22.6 Å². The Kier molecular flexibility index (Phi) is 3.79. The lowest BCUT2D eigenvalue weighted by Gasteiger charge is -2.08. The summed E-state index contributed by atoms with van der Waals surface area (Å²) >= 11 is 0. The molecule has 0 aliphatic rings. The zero-order chi connectivity index (χ0) is 13.8. The summed E-state index contributed by atoms with van der Waals surface area (Å²) in [7, 11) is 0. The van der Waals surface area contributed by atoms with Crippen molar-refractivity contribution in [2.24, 2.45) is 0 Å². The highest BCUT2D eigenvalue weighted by molar-refractivity contribution is 6.07. The van der Waals surface area contributed by atoms with Gasteiger partial charge in [-0.2, -0.15) is 0 Å². The molecule has 0 radical (unpaired) electrons. The minimum absolute atomic E-state index is 0.275. The van der Waals surface area contributed by atoms with Crippen LogP contribution in [-0.2, 0) is 0 Å². The molecule has 2 rings (SSSR count). The summed E-state index contributed by atoms with van der Waals surface area (Å²) in [6.07, 6.45) is 1.64. The van der Waals surface area contributed by atoms with Crippen molar-refractivity contribution in [2.75, 3.05) is 17.2 Å². The average Bonchev–Trinajstić information content (AvgIpc) is 2.72. The van der Waals surface area contributed by atoms with Gasteiger partial charge in [-0.15, -0.1) is 0 Å². The van der Waals surface area contributed by atoms with Gasteiger partial charge in [0.25, 0.3) is 5.91 Å². The third-order valence-electron chi connectivity index (χ3n) is 2.78. The van der Waals surface area contributed by atoms with Gasteiger partial charge in [0.2, 0.25) is 5.88 Å². The molecule has 6 nitrogen and oxygen atoms in total. The van der Waals surface area contributed by atoms with E-state index in [9.17, 15) is 4.79 Å². The van der Waals surface area contributed by atoms with E-state index in [2.05, 4.69) is 20.8 Å². The van der Waals surface area contributed by atoms with Crippen molar-refractivity contribution in [3.63, 3.8) is 0 Å². The summed E-state index contributed by atoms with van der Waals surface area (Å²) in [6.45, 7) is 6.30. The molecule has 6 heteroatoms. The second-order valence-electron chi connectivity index (χ2n) is 4.11. The number of amides is 1. The number of pyridine rings is 1. The smallest absolute Gasteiger partial charge is 0.261 e. The number of aromatic nitrogens is 2. The molecule has 2 heterocycles. The van der Waals surface area contributed by atoms with E-state index in [0.29, 0.717) is 23.8 Å². The third-order valence-corrected chi connectivity index (χ3v) is 2.78. The fraction of sp³-hybridized carbons (Fsp3) is 0.308. The van der Waals surface area contributed by atoms with Gasteiger partial charge < -0.3 is 9.84 Å². The Morgan fingerprint density at radius 3 is 2.84 bits per heavy atom. The monoisotopic (exact) mass is 260 g/mol. The normalized spacial score (nSPS) is 10.3. The number of hydrogen-bond acceptors (Lipinski definition) is 5. The maximum atomic E-state index is 12.2. The zero-order valence-corrected chi connectivity index (χ0v) is 11.2. The summed E-state index contributed by atoms with van der Waals surface area (Å²) in [5.74, 6) is 0.647. The van der Waals surface area contributed by atoms with E-state index in [0.717, 1.165) is 11.3 Å². The summed E-state index contributed by atoms with van der Waals surface area (Å²) in [5.41, 5.74) is 2.05. The number of aryl methyl sites for hydroxylation is 1. The molecule has 0 atom stereocenters. The van der Waals surface area contributed by atoms with Gasteiger partial charge in [-0.1, -0.05) is 5.16 Å². The van der Waals surface area contributed by atoms with Crippen molar-refractivity contribution < 1.29 is 9.32 Å². The van der Waals surface area contributed by atoms with E-state index in [-0.39, 0.29) is 5.91 Å². The van der Waals surface area contributed by atoms with Crippen LogP contribution >= 0.6 is 0 Å². The lowest BCUT2D eigenvalue weighted by molar-refractivity contribution is 0.102. The molecule has 2 aromatic rings. The van der Waals surface area contributed by atoms with Crippen molar-refractivity contribution in [3.05, 3.63) is 35.2 Å². The first-order chi connectivity index (χ1) is 9.13. The molecule has 0 bridgehead atoms. The number of rotatable bonds is 4. The molecule has 0 saturated heterocycles. The Balaban J connectivity index is 2.23. The van der Waals surface area contributed by atoms with E-state index < -0.39 is 0 Å². The second kappa shape index (κ2) is 5.51. The van der Waals surface area contributed by atoms with Gasteiger partial charge in [-0.3, -0.25) is 10.1 Å². The lowest BCUT2D eigenvalue weighted by atomic mass is 10.2. The molecule has 0 spiro atoms. The van der Waals surface area contributed by atoms with E-state index in [1.165, 1.54) is 0 Å². The van der Waals surface area contributed by atoms with Crippen molar-refractivity contribution in [1.29, 1.82) is 0 Å². The number of hydrogen-bond donors (Lipinski definition) is 2. The standard InChI is InChI=1S/C13H16N4O2/c1-4-14-11-10(6-5-7-15-11)12(18)16-13-8(2)9(3)17-19-13/h5-7H,4H2,1-3H3,(H,14,15)(H,16,18). The summed E-state index contributed by atoms with van der Waals surface area (Å²) in [6, 6.07) is 3.42. The fourth-order valence-electron chi connectivity index (χ4n) is 1.60. The maximum absolute atomic E-state index is 12.2. The number of nitrogens with one attached hydrogen (secondary N) is 2. The van der Waals surface area contributed by atoms with E-state index in [1.54, 1.807) is 18.3 Å². The van der Waals surface area contributed by atoms with Crippen LogP contribution < -0.4 is 10.6 Å². The van der Waals surface area contributed by atoms with E-state index in [1.807, 2.05) is 20.8 Å². The average molecular weight is 260 g/mol. The Morgan fingerprint density at radius 2 is 2.21 bits per heavy atom. The third kappa shape index (κ3) is 2.73. The van der Waals surface area contributed by atoms with Gasteiger partial charge in [-0.05, 0) is 32.9 Å².